The lowest BCUT2D eigenvalue weighted by Gasteiger charge is -2.30. The smallest absolute Gasteiger partial charge is 0.142 e. The van der Waals surface area contributed by atoms with Gasteiger partial charge in [-0.05, 0) is 41.3 Å². The van der Waals surface area contributed by atoms with Gasteiger partial charge in [0.25, 0.3) is 0 Å². The molecule has 2 fully saturated rings. The Labute approximate surface area is 216 Å². The molecular weight excluding hydrogens is 465 g/mol. The van der Waals surface area contributed by atoms with E-state index in [-0.39, 0.29) is 0 Å². The number of rotatable bonds is 5. The fourth-order valence-corrected chi connectivity index (χ4v) is 5.71. The summed E-state index contributed by atoms with van der Waals surface area (Å²) in [6, 6.07) is 21.3. The molecule has 0 spiro atoms. The molecule has 4 aromatic rings. The summed E-state index contributed by atoms with van der Waals surface area (Å²) >= 11 is 0. The van der Waals surface area contributed by atoms with Gasteiger partial charge in [0.2, 0.25) is 0 Å². The van der Waals surface area contributed by atoms with Crippen LogP contribution in [-0.2, 0) is 17.7 Å². The molecule has 1 N–H and O–H groups in total. The maximum atomic E-state index is 14.2. The van der Waals surface area contributed by atoms with Crippen molar-refractivity contribution >= 4 is 11.5 Å². The first-order valence-electron chi connectivity index (χ1n) is 13.2. The lowest BCUT2D eigenvalue weighted by molar-refractivity contribution is 0.00842. The molecule has 2 aromatic heterocycles. The van der Waals surface area contributed by atoms with Crippen LogP contribution < -0.4 is 9.80 Å². The van der Waals surface area contributed by atoms with E-state index in [9.17, 15) is 4.39 Å². The highest BCUT2D eigenvalue weighted by atomic mass is 19.1. The van der Waals surface area contributed by atoms with Crippen LogP contribution in [0.2, 0.25) is 0 Å². The number of anilines is 2. The number of nitrogens with zero attached hydrogens (tertiary/aromatic N) is 4. The van der Waals surface area contributed by atoms with Crippen molar-refractivity contribution in [3.8, 4) is 22.5 Å². The fourth-order valence-electron chi connectivity index (χ4n) is 5.71. The van der Waals surface area contributed by atoms with Gasteiger partial charge in [0.15, 0.2) is 0 Å². The van der Waals surface area contributed by atoms with E-state index < -0.39 is 6.17 Å². The average Bonchev–Trinajstić information content (AvgIpc) is 3.54. The monoisotopic (exact) mass is 495 g/mol. The number of fused-ring (bicyclic) bond motifs is 1. The Morgan fingerprint density at radius 2 is 1.78 bits per heavy atom. The molecular formula is C30H30FN5O. The van der Waals surface area contributed by atoms with Crippen molar-refractivity contribution in [2.45, 2.75) is 31.5 Å². The predicted molar refractivity (Wildman–Crippen MR) is 144 cm³/mol. The SMILES string of the molecule is F[C@H]1CCN(c2nccc(-c3ccccc3)c2-c2nc3c([nH]2)CN(c2ccc(C4COC4)cc2)CC3)C1. The van der Waals surface area contributed by atoms with Gasteiger partial charge in [0.05, 0.1) is 43.3 Å². The second kappa shape index (κ2) is 9.30. The zero-order chi connectivity index (χ0) is 24.8. The van der Waals surface area contributed by atoms with Gasteiger partial charge >= 0.3 is 0 Å². The molecule has 0 unspecified atom stereocenters. The number of imidazole rings is 1. The third-order valence-corrected chi connectivity index (χ3v) is 7.88. The highest BCUT2D eigenvalue weighted by molar-refractivity contribution is 5.88. The Morgan fingerprint density at radius 1 is 0.946 bits per heavy atom. The van der Waals surface area contributed by atoms with Crippen molar-refractivity contribution in [3.63, 3.8) is 0 Å². The normalized spacial score (nSPS) is 19.6. The maximum Gasteiger partial charge on any atom is 0.142 e. The van der Waals surface area contributed by atoms with E-state index in [2.05, 4.69) is 51.2 Å². The number of benzene rings is 2. The summed E-state index contributed by atoms with van der Waals surface area (Å²) in [5, 5.41) is 0. The Hall–Kier alpha value is -3.71. The lowest BCUT2D eigenvalue weighted by Crippen LogP contribution is -2.30. The quantitative estimate of drug-likeness (QED) is 0.404. The molecule has 37 heavy (non-hydrogen) atoms. The summed E-state index contributed by atoms with van der Waals surface area (Å²) in [4.78, 5) is 17.9. The Balaban J connectivity index is 1.23. The number of aromatic amines is 1. The number of halogens is 1. The van der Waals surface area contributed by atoms with Crippen molar-refractivity contribution in [1.29, 1.82) is 0 Å². The van der Waals surface area contributed by atoms with E-state index in [1.807, 2.05) is 30.5 Å². The minimum atomic E-state index is -0.823. The zero-order valence-corrected chi connectivity index (χ0v) is 20.7. The molecule has 3 aliphatic heterocycles. The van der Waals surface area contributed by atoms with Crippen LogP contribution in [0.1, 0.15) is 29.3 Å². The third kappa shape index (κ3) is 4.17. The van der Waals surface area contributed by atoms with E-state index in [4.69, 9.17) is 14.7 Å². The number of alkyl halides is 1. The molecule has 2 saturated heterocycles. The molecule has 1 atom stereocenters. The third-order valence-electron chi connectivity index (χ3n) is 7.88. The summed E-state index contributed by atoms with van der Waals surface area (Å²) in [6.45, 7) is 4.39. The first-order valence-corrected chi connectivity index (χ1v) is 13.2. The zero-order valence-electron chi connectivity index (χ0n) is 20.7. The average molecular weight is 496 g/mol. The van der Waals surface area contributed by atoms with Crippen LogP contribution in [-0.4, -0.2) is 54.0 Å². The fraction of sp³-hybridized carbons (Fsp3) is 0.333. The maximum absolute atomic E-state index is 14.2. The van der Waals surface area contributed by atoms with Crippen LogP contribution >= 0.6 is 0 Å². The van der Waals surface area contributed by atoms with Crippen molar-refractivity contribution in [3.05, 3.63) is 83.8 Å². The molecule has 5 heterocycles. The molecule has 0 amide bonds. The van der Waals surface area contributed by atoms with Gasteiger partial charge in [0, 0.05) is 37.3 Å². The molecule has 2 aromatic carbocycles. The second-order valence-electron chi connectivity index (χ2n) is 10.3. The van der Waals surface area contributed by atoms with Gasteiger partial charge in [0.1, 0.15) is 17.8 Å². The Kier molecular flexibility index (Phi) is 5.65. The van der Waals surface area contributed by atoms with Crippen molar-refractivity contribution < 1.29 is 9.13 Å². The minimum Gasteiger partial charge on any atom is -0.380 e. The van der Waals surface area contributed by atoms with Crippen LogP contribution in [0.3, 0.4) is 0 Å². The van der Waals surface area contributed by atoms with E-state index >= 15 is 0 Å². The summed E-state index contributed by atoms with van der Waals surface area (Å²) in [7, 11) is 0. The topological polar surface area (TPSA) is 57.3 Å². The first-order chi connectivity index (χ1) is 18.2. The van der Waals surface area contributed by atoms with Crippen LogP contribution in [0.25, 0.3) is 22.5 Å². The van der Waals surface area contributed by atoms with Crippen LogP contribution in [0.15, 0.2) is 66.9 Å². The van der Waals surface area contributed by atoms with Gasteiger partial charge in [-0.1, -0.05) is 42.5 Å². The van der Waals surface area contributed by atoms with Crippen molar-refractivity contribution in [2.24, 2.45) is 0 Å². The number of hydrogen-bond acceptors (Lipinski definition) is 5. The minimum absolute atomic E-state index is 0.370. The summed E-state index contributed by atoms with van der Waals surface area (Å²) in [5.74, 6) is 2.16. The predicted octanol–water partition coefficient (Wildman–Crippen LogP) is 5.36. The van der Waals surface area contributed by atoms with Gasteiger partial charge in [-0.3, -0.25) is 0 Å². The molecule has 0 saturated carbocycles. The summed E-state index contributed by atoms with van der Waals surface area (Å²) in [6.07, 6.45) is 2.41. The van der Waals surface area contributed by atoms with Gasteiger partial charge < -0.3 is 19.5 Å². The Bertz CT molecular complexity index is 1400. The highest BCUT2D eigenvalue weighted by Gasteiger charge is 2.29. The molecule has 0 bridgehead atoms. The summed E-state index contributed by atoms with van der Waals surface area (Å²) < 4.78 is 19.5. The van der Waals surface area contributed by atoms with E-state index in [1.165, 1.54) is 11.3 Å². The van der Waals surface area contributed by atoms with Crippen molar-refractivity contribution in [2.75, 3.05) is 42.6 Å². The molecule has 188 valence electrons. The Morgan fingerprint density at radius 3 is 2.51 bits per heavy atom. The number of pyridine rings is 1. The molecule has 7 rings (SSSR count). The second-order valence-corrected chi connectivity index (χ2v) is 10.3. The van der Waals surface area contributed by atoms with Gasteiger partial charge in [-0.2, -0.15) is 0 Å². The lowest BCUT2D eigenvalue weighted by atomic mass is 9.97. The molecule has 0 aliphatic carbocycles. The van der Waals surface area contributed by atoms with Gasteiger partial charge in [-0.25, -0.2) is 14.4 Å². The van der Waals surface area contributed by atoms with Gasteiger partial charge in [-0.15, -0.1) is 0 Å². The first kappa shape index (κ1) is 22.5. The van der Waals surface area contributed by atoms with Crippen molar-refractivity contribution in [1.82, 2.24) is 15.0 Å². The molecule has 6 nitrogen and oxygen atoms in total. The number of hydrogen-bond donors (Lipinski definition) is 1. The summed E-state index contributed by atoms with van der Waals surface area (Å²) in [5.41, 5.74) is 7.94. The number of ether oxygens (including phenoxy) is 1. The van der Waals surface area contributed by atoms with E-state index in [0.717, 1.165) is 72.4 Å². The van der Waals surface area contributed by atoms with Crippen LogP contribution in [0.5, 0.6) is 0 Å². The largest absolute Gasteiger partial charge is 0.380 e. The highest BCUT2D eigenvalue weighted by Crippen LogP contribution is 2.39. The standard InChI is InChI=1S/C30H30FN5O/c31-23-11-14-36(16-23)30-28(25(10-13-32-30)21-4-2-1-3-5-21)29-33-26-12-15-35(17-27(26)34-29)24-8-6-20(7-9-24)22-18-37-19-22/h1-10,13,22-23H,11-12,14-19H2,(H,33,34)/t23-/m0/s1. The van der Waals surface area contributed by atoms with Crippen LogP contribution in [0, 0.1) is 0 Å². The molecule has 3 aliphatic rings. The van der Waals surface area contributed by atoms with E-state index in [0.29, 0.717) is 25.4 Å². The number of nitrogens with one attached hydrogen (secondary N) is 1. The van der Waals surface area contributed by atoms with Crippen LogP contribution in [0.4, 0.5) is 15.9 Å². The number of aromatic nitrogens is 3. The molecule has 7 heteroatoms. The number of H-pyrrole nitrogens is 1. The molecule has 0 radical (unpaired) electrons. The van der Waals surface area contributed by atoms with E-state index in [1.54, 1.807) is 0 Å².